The minimum atomic E-state index is -3.19. The van der Waals surface area contributed by atoms with Crippen molar-refractivity contribution >= 4 is 21.6 Å². The molecule has 118 valence electrons. The fourth-order valence-electron chi connectivity index (χ4n) is 1.66. The molecule has 21 heavy (non-hydrogen) atoms. The van der Waals surface area contributed by atoms with Crippen LogP contribution >= 0.6 is 0 Å². The van der Waals surface area contributed by atoms with Crippen LogP contribution in [-0.4, -0.2) is 20.6 Å². The Balaban J connectivity index is 2.53. The molecule has 6 heteroatoms. The lowest BCUT2D eigenvalue weighted by atomic mass is 9.94. The summed E-state index contributed by atoms with van der Waals surface area (Å²) in [6, 6.07) is 7.13. The van der Waals surface area contributed by atoms with Crippen LogP contribution in [0.2, 0.25) is 0 Å². The lowest BCUT2D eigenvalue weighted by Gasteiger charge is -2.15. The summed E-state index contributed by atoms with van der Waals surface area (Å²) in [7, 11) is -3.19. The number of benzene rings is 1. The Bertz CT molecular complexity index is 565. The van der Waals surface area contributed by atoms with E-state index in [0.29, 0.717) is 18.3 Å². The second-order valence-electron chi connectivity index (χ2n) is 5.76. The minimum absolute atomic E-state index is 0.00166. The number of carbonyl (C=O) groups is 1. The fraction of sp³-hybridized carbons (Fsp3) is 0.533. The number of nitrogens with one attached hydrogen (secondary N) is 2. The smallest absolute Gasteiger partial charge is 0.224 e. The van der Waals surface area contributed by atoms with Gasteiger partial charge in [-0.05, 0) is 29.5 Å². The molecule has 0 heterocycles. The Hall–Kier alpha value is -1.40. The van der Waals surface area contributed by atoms with Gasteiger partial charge in [-0.2, -0.15) is 0 Å². The fourth-order valence-corrected chi connectivity index (χ4v) is 2.09. The standard InChI is InChI=1S/C15H24N2O3S/c1-11(2)12(3)9-15(18)17-14-7-5-13(6-8-14)10-16-21(4,19)20/h5-8,11-12,16H,9-10H2,1-4H3,(H,17,18)/t12-/m0/s1. The van der Waals surface area contributed by atoms with Gasteiger partial charge in [-0.1, -0.05) is 32.9 Å². The predicted octanol–water partition coefficient (Wildman–Crippen LogP) is 2.36. The molecule has 5 nitrogen and oxygen atoms in total. The summed E-state index contributed by atoms with van der Waals surface area (Å²) < 4.78 is 24.4. The van der Waals surface area contributed by atoms with Crippen molar-refractivity contribution in [1.29, 1.82) is 0 Å². The van der Waals surface area contributed by atoms with Gasteiger partial charge in [0.15, 0.2) is 0 Å². The zero-order chi connectivity index (χ0) is 16.0. The van der Waals surface area contributed by atoms with Crippen LogP contribution in [0.5, 0.6) is 0 Å². The molecule has 1 aromatic carbocycles. The highest BCUT2D eigenvalue weighted by molar-refractivity contribution is 7.88. The van der Waals surface area contributed by atoms with Gasteiger partial charge in [0.05, 0.1) is 6.26 Å². The van der Waals surface area contributed by atoms with Crippen LogP contribution in [-0.2, 0) is 21.4 Å². The van der Waals surface area contributed by atoms with Gasteiger partial charge in [0.25, 0.3) is 0 Å². The van der Waals surface area contributed by atoms with E-state index in [1.54, 1.807) is 24.3 Å². The number of rotatable bonds is 7. The van der Waals surface area contributed by atoms with E-state index in [1.807, 2.05) is 0 Å². The lowest BCUT2D eigenvalue weighted by Crippen LogP contribution is -2.21. The molecule has 0 aromatic heterocycles. The van der Waals surface area contributed by atoms with Crippen LogP contribution in [0, 0.1) is 11.8 Å². The van der Waals surface area contributed by atoms with Crippen molar-refractivity contribution < 1.29 is 13.2 Å². The van der Waals surface area contributed by atoms with Gasteiger partial charge in [-0.3, -0.25) is 4.79 Å². The van der Waals surface area contributed by atoms with E-state index >= 15 is 0 Å². The zero-order valence-electron chi connectivity index (χ0n) is 13.0. The highest BCUT2D eigenvalue weighted by Gasteiger charge is 2.12. The van der Waals surface area contributed by atoms with Gasteiger partial charge in [-0.15, -0.1) is 0 Å². The molecule has 1 atom stereocenters. The van der Waals surface area contributed by atoms with E-state index in [2.05, 4.69) is 30.8 Å². The number of amides is 1. The molecule has 0 saturated carbocycles. The van der Waals surface area contributed by atoms with Crippen molar-refractivity contribution in [2.45, 2.75) is 33.7 Å². The van der Waals surface area contributed by atoms with Gasteiger partial charge in [0.2, 0.25) is 15.9 Å². The van der Waals surface area contributed by atoms with Crippen molar-refractivity contribution in [3.05, 3.63) is 29.8 Å². The summed E-state index contributed by atoms with van der Waals surface area (Å²) >= 11 is 0. The number of anilines is 1. The molecular weight excluding hydrogens is 288 g/mol. The van der Waals surface area contributed by atoms with E-state index < -0.39 is 10.0 Å². The number of carbonyl (C=O) groups excluding carboxylic acids is 1. The molecule has 2 N–H and O–H groups in total. The van der Waals surface area contributed by atoms with Crippen molar-refractivity contribution in [2.75, 3.05) is 11.6 Å². The third kappa shape index (κ3) is 7.24. The van der Waals surface area contributed by atoms with Crippen LogP contribution in [0.4, 0.5) is 5.69 Å². The minimum Gasteiger partial charge on any atom is -0.326 e. The van der Waals surface area contributed by atoms with E-state index in [4.69, 9.17) is 0 Å². The predicted molar refractivity (Wildman–Crippen MR) is 85.4 cm³/mol. The average Bonchev–Trinajstić information content (AvgIpc) is 2.36. The van der Waals surface area contributed by atoms with Crippen LogP contribution < -0.4 is 10.0 Å². The van der Waals surface area contributed by atoms with Gasteiger partial charge < -0.3 is 5.32 Å². The first kappa shape index (κ1) is 17.7. The quantitative estimate of drug-likeness (QED) is 0.811. The topological polar surface area (TPSA) is 75.3 Å². The molecule has 0 radical (unpaired) electrons. The van der Waals surface area contributed by atoms with Crippen LogP contribution in [0.1, 0.15) is 32.8 Å². The SMILES string of the molecule is CC(C)[C@@H](C)CC(=O)Nc1ccc(CNS(C)(=O)=O)cc1. The maximum absolute atomic E-state index is 11.9. The molecule has 0 aliphatic carbocycles. The lowest BCUT2D eigenvalue weighted by molar-refractivity contribution is -0.117. The number of sulfonamides is 1. The van der Waals surface area contributed by atoms with Crippen molar-refractivity contribution in [1.82, 2.24) is 4.72 Å². The first-order chi connectivity index (χ1) is 9.67. The number of hydrogen-bond acceptors (Lipinski definition) is 3. The third-order valence-corrected chi connectivity index (χ3v) is 4.09. The van der Waals surface area contributed by atoms with Gasteiger partial charge >= 0.3 is 0 Å². The average molecular weight is 312 g/mol. The molecule has 0 bridgehead atoms. The van der Waals surface area contributed by atoms with E-state index in [0.717, 1.165) is 17.5 Å². The Kier molecular flexibility index (Phi) is 6.36. The normalized spacial score (nSPS) is 13.2. The van der Waals surface area contributed by atoms with Gasteiger partial charge in [0, 0.05) is 18.7 Å². The molecule has 0 aliphatic rings. The van der Waals surface area contributed by atoms with Crippen LogP contribution in [0.3, 0.4) is 0 Å². The number of hydrogen-bond donors (Lipinski definition) is 2. The monoisotopic (exact) mass is 312 g/mol. The summed E-state index contributed by atoms with van der Waals surface area (Å²) in [5, 5.41) is 2.85. The summed E-state index contributed by atoms with van der Waals surface area (Å²) in [4.78, 5) is 11.9. The Morgan fingerprint density at radius 2 is 1.71 bits per heavy atom. The summed E-state index contributed by atoms with van der Waals surface area (Å²) in [6.07, 6.45) is 1.62. The molecule has 0 fully saturated rings. The highest BCUT2D eigenvalue weighted by Crippen LogP contribution is 2.16. The second kappa shape index (κ2) is 7.56. The molecule has 1 amide bonds. The molecule has 0 aliphatic heterocycles. The molecule has 1 aromatic rings. The first-order valence-electron chi connectivity index (χ1n) is 7.01. The summed E-state index contributed by atoms with van der Waals surface area (Å²) in [6.45, 7) is 6.50. The molecular formula is C15H24N2O3S. The zero-order valence-corrected chi connectivity index (χ0v) is 13.8. The first-order valence-corrected chi connectivity index (χ1v) is 8.90. The Morgan fingerprint density at radius 1 is 1.14 bits per heavy atom. The third-order valence-electron chi connectivity index (χ3n) is 3.42. The van der Waals surface area contributed by atoms with Crippen molar-refractivity contribution in [3.63, 3.8) is 0 Å². The van der Waals surface area contributed by atoms with Crippen molar-refractivity contribution in [3.8, 4) is 0 Å². The largest absolute Gasteiger partial charge is 0.326 e. The van der Waals surface area contributed by atoms with Crippen LogP contribution in [0.25, 0.3) is 0 Å². The summed E-state index contributed by atoms with van der Waals surface area (Å²) in [5.74, 6) is 0.807. The second-order valence-corrected chi connectivity index (χ2v) is 7.60. The Morgan fingerprint density at radius 3 is 2.19 bits per heavy atom. The van der Waals surface area contributed by atoms with E-state index in [1.165, 1.54) is 0 Å². The van der Waals surface area contributed by atoms with E-state index in [-0.39, 0.29) is 12.5 Å². The molecule has 1 rings (SSSR count). The van der Waals surface area contributed by atoms with E-state index in [9.17, 15) is 13.2 Å². The summed E-state index contributed by atoms with van der Waals surface area (Å²) in [5.41, 5.74) is 1.56. The van der Waals surface area contributed by atoms with Gasteiger partial charge in [0.1, 0.15) is 0 Å². The van der Waals surface area contributed by atoms with Gasteiger partial charge in [-0.25, -0.2) is 13.1 Å². The maximum atomic E-state index is 11.9. The van der Waals surface area contributed by atoms with Crippen LogP contribution in [0.15, 0.2) is 24.3 Å². The molecule has 0 unspecified atom stereocenters. The maximum Gasteiger partial charge on any atom is 0.224 e. The highest BCUT2D eigenvalue weighted by atomic mass is 32.2. The Labute approximate surface area is 127 Å². The van der Waals surface area contributed by atoms with Crippen molar-refractivity contribution in [2.24, 2.45) is 11.8 Å². The molecule has 0 saturated heterocycles. The molecule has 0 spiro atoms.